The van der Waals surface area contributed by atoms with Crippen molar-refractivity contribution in [3.8, 4) is 5.88 Å². The second-order valence-electron chi connectivity index (χ2n) is 4.85. The summed E-state index contributed by atoms with van der Waals surface area (Å²) in [6.45, 7) is 4.63. The molecule has 0 spiro atoms. The van der Waals surface area contributed by atoms with Gasteiger partial charge in [-0.15, -0.1) is 0 Å². The van der Waals surface area contributed by atoms with Gasteiger partial charge in [0.25, 0.3) is 0 Å². The highest BCUT2D eigenvalue weighted by atomic mass is 28.4. The van der Waals surface area contributed by atoms with E-state index in [1.165, 1.54) is 25.7 Å². The van der Waals surface area contributed by atoms with Crippen LogP contribution in [0.25, 0.3) is 0 Å². The van der Waals surface area contributed by atoms with Crippen molar-refractivity contribution in [2.24, 2.45) is 0 Å². The maximum absolute atomic E-state index is 6.11. The summed E-state index contributed by atoms with van der Waals surface area (Å²) in [5.41, 5.74) is 0.819. The molecule has 1 fully saturated rings. The molecule has 1 heterocycles. The summed E-state index contributed by atoms with van der Waals surface area (Å²) >= 11 is 0. The third kappa shape index (κ3) is 2.59. The van der Waals surface area contributed by atoms with E-state index in [1.54, 1.807) is 6.20 Å². The first-order valence-electron chi connectivity index (χ1n) is 5.78. The molecule has 0 saturated heterocycles. The van der Waals surface area contributed by atoms with E-state index in [9.17, 15) is 0 Å². The van der Waals surface area contributed by atoms with E-state index in [4.69, 9.17) is 4.43 Å². The Balaban J connectivity index is 2.03. The fourth-order valence-corrected chi connectivity index (χ4v) is 5.01. The Hall–Kier alpha value is -0.833. The zero-order valence-corrected chi connectivity index (χ0v) is 10.6. The molecule has 2 nitrogen and oxygen atoms in total. The van der Waals surface area contributed by atoms with Crippen molar-refractivity contribution in [3.63, 3.8) is 0 Å². The van der Waals surface area contributed by atoms with Gasteiger partial charge < -0.3 is 4.43 Å². The Bertz CT molecular complexity index is 307. The molecule has 0 aromatic carbocycles. The first-order chi connectivity index (χ1) is 7.18. The Morgan fingerprint density at radius 1 is 1.27 bits per heavy atom. The van der Waals surface area contributed by atoms with E-state index in [-0.39, 0.29) is 0 Å². The van der Waals surface area contributed by atoms with Gasteiger partial charge in [0.2, 0.25) is 8.32 Å². The largest absolute Gasteiger partial charge is 0.531 e. The fourth-order valence-electron chi connectivity index (χ4n) is 2.38. The smallest absolute Gasteiger partial charge is 0.250 e. The lowest BCUT2D eigenvalue weighted by atomic mass is 10.4. The lowest BCUT2D eigenvalue weighted by Crippen LogP contribution is -2.39. The summed E-state index contributed by atoms with van der Waals surface area (Å²) in [6, 6.07) is 5.88. The molecule has 82 valence electrons. The quantitative estimate of drug-likeness (QED) is 0.727. The number of hydrogen-bond donors (Lipinski definition) is 0. The molecule has 1 aliphatic rings. The molecule has 1 aliphatic carbocycles. The molecule has 15 heavy (non-hydrogen) atoms. The second-order valence-corrected chi connectivity index (χ2v) is 9.08. The second kappa shape index (κ2) is 4.35. The number of hydrogen-bond acceptors (Lipinski definition) is 2. The number of nitrogens with zero attached hydrogens (tertiary/aromatic N) is 1. The summed E-state index contributed by atoms with van der Waals surface area (Å²) in [4.78, 5) is 4.25. The van der Waals surface area contributed by atoms with Crippen molar-refractivity contribution in [1.29, 1.82) is 0 Å². The van der Waals surface area contributed by atoms with Crippen LogP contribution in [0.1, 0.15) is 25.7 Å². The predicted molar refractivity (Wildman–Crippen MR) is 64.6 cm³/mol. The van der Waals surface area contributed by atoms with Crippen molar-refractivity contribution in [2.45, 2.75) is 44.3 Å². The van der Waals surface area contributed by atoms with E-state index >= 15 is 0 Å². The van der Waals surface area contributed by atoms with Crippen molar-refractivity contribution < 1.29 is 4.43 Å². The minimum absolute atomic E-state index is 0.807. The molecule has 3 heteroatoms. The van der Waals surface area contributed by atoms with E-state index in [1.807, 2.05) is 18.2 Å². The van der Waals surface area contributed by atoms with Gasteiger partial charge in [-0.05, 0) is 43.6 Å². The topological polar surface area (TPSA) is 22.1 Å². The average molecular weight is 221 g/mol. The van der Waals surface area contributed by atoms with E-state index < -0.39 is 8.32 Å². The van der Waals surface area contributed by atoms with Gasteiger partial charge in [0, 0.05) is 6.20 Å². The maximum atomic E-state index is 6.11. The molecular weight excluding hydrogens is 202 g/mol. The molecule has 0 bridgehead atoms. The highest BCUT2D eigenvalue weighted by Gasteiger charge is 2.37. The van der Waals surface area contributed by atoms with Crippen LogP contribution >= 0.6 is 0 Å². The number of aromatic nitrogens is 1. The summed E-state index contributed by atoms with van der Waals surface area (Å²) in [5, 5.41) is 0. The molecule has 0 aliphatic heterocycles. The van der Waals surface area contributed by atoms with Gasteiger partial charge in [-0.2, -0.15) is 0 Å². The third-order valence-electron chi connectivity index (χ3n) is 3.34. The van der Waals surface area contributed by atoms with Crippen LogP contribution in [-0.4, -0.2) is 13.3 Å². The van der Waals surface area contributed by atoms with Crippen LogP contribution in [0, 0.1) is 0 Å². The molecule has 0 N–H and O–H groups in total. The van der Waals surface area contributed by atoms with Crippen molar-refractivity contribution >= 4 is 8.32 Å². The van der Waals surface area contributed by atoms with Gasteiger partial charge in [-0.3, -0.25) is 0 Å². The Morgan fingerprint density at radius 2 is 2.00 bits per heavy atom. The maximum Gasteiger partial charge on any atom is 0.250 e. The monoisotopic (exact) mass is 221 g/mol. The van der Waals surface area contributed by atoms with E-state index in [0.717, 1.165) is 11.4 Å². The average Bonchev–Trinajstić information content (AvgIpc) is 2.71. The number of pyridine rings is 1. The van der Waals surface area contributed by atoms with Crippen molar-refractivity contribution in [1.82, 2.24) is 4.98 Å². The molecule has 0 radical (unpaired) electrons. The third-order valence-corrected chi connectivity index (χ3v) is 6.62. The van der Waals surface area contributed by atoms with E-state index in [2.05, 4.69) is 18.1 Å². The molecule has 2 rings (SSSR count). The van der Waals surface area contributed by atoms with Crippen LogP contribution in [0.4, 0.5) is 0 Å². The molecule has 1 aromatic rings. The SMILES string of the molecule is C[Si](C)(Oc1ccccn1)C1CCCC1. The van der Waals surface area contributed by atoms with Crippen LogP contribution in [-0.2, 0) is 0 Å². The zero-order chi connectivity index (χ0) is 10.7. The molecule has 1 saturated carbocycles. The highest BCUT2D eigenvalue weighted by Crippen LogP contribution is 2.38. The van der Waals surface area contributed by atoms with Gasteiger partial charge in [0.15, 0.2) is 5.88 Å². The van der Waals surface area contributed by atoms with Gasteiger partial charge >= 0.3 is 0 Å². The fraction of sp³-hybridized carbons (Fsp3) is 0.583. The van der Waals surface area contributed by atoms with Crippen molar-refractivity contribution in [2.75, 3.05) is 0 Å². The molecular formula is C12H19NOSi. The lowest BCUT2D eigenvalue weighted by molar-refractivity contribution is 0.502. The van der Waals surface area contributed by atoms with Gasteiger partial charge in [-0.1, -0.05) is 18.9 Å². The minimum Gasteiger partial charge on any atom is -0.531 e. The van der Waals surface area contributed by atoms with Crippen LogP contribution in [0.3, 0.4) is 0 Å². The standard InChI is InChI=1S/C12H19NOSi/c1-15(2,11-7-3-4-8-11)14-12-9-5-6-10-13-12/h5-6,9-11H,3-4,7-8H2,1-2H3. The van der Waals surface area contributed by atoms with Crippen LogP contribution in [0.15, 0.2) is 24.4 Å². The summed E-state index contributed by atoms with van der Waals surface area (Å²) < 4.78 is 6.11. The summed E-state index contributed by atoms with van der Waals surface area (Å²) in [6.07, 6.45) is 7.27. The summed E-state index contributed by atoms with van der Waals surface area (Å²) in [5.74, 6) is 0.807. The Kier molecular flexibility index (Phi) is 3.10. The van der Waals surface area contributed by atoms with Gasteiger partial charge in [0.05, 0.1) is 0 Å². The van der Waals surface area contributed by atoms with Crippen LogP contribution in [0.5, 0.6) is 5.88 Å². The predicted octanol–water partition coefficient (Wildman–Crippen LogP) is 3.61. The van der Waals surface area contributed by atoms with E-state index in [0.29, 0.717) is 0 Å². The number of rotatable bonds is 3. The van der Waals surface area contributed by atoms with Gasteiger partial charge in [0.1, 0.15) is 0 Å². The summed E-state index contributed by atoms with van der Waals surface area (Å²) in [7, 11) is -1.57. The van der Waals surface area contributed by atoms with Gasteiger partial charge in [-0.25, -0.2) is 4.98 Å². The van der Waals surface area contributed by atoms with Crippen molar-refractivity contribution in [3.05, 3.63) is 24.4 Å². The van der Waals surface area contributed by atoms with Crippen LogP contribution < -0.4 is 4.43 Å². The first kappa shape index (κ1) is 10.7. The molecule has 0 unspecified atom stereocenters. The normalized spacial score (nSPS) is 18.0. The first-order valence-corrected chi connectivity index (χ1v) is 8.77. The van der Waals surface area contributed by atoms with Crippen LogP contribution in [0.2, 0.25) is 18.6 Å². The minimum atomic E-state index is -1.57. The molecule has 0 amide bonds. The molecule has 1 aromatic heterocycles. The Morgan fingerprint density at radius 3 is 2.60 bits per heavy atom. The highest BCUT2D eigenvalue weighted by molar-refractivity contribution is 6.73. The Labute approximate surface area is 92.8 Å². The lowest BCUT2D eigenvalue weighted by Gasteiger charge is -2.29. The zero-order valence-electron chi connectivity index (χ0n) is 9.57. The molecule has 0 atom stereocenters.